The van der Waals surface area contributed by atoms with Crippen molar-refractivity contribution >= 4 is 14.7 Å². The van der Waals surface area contributed by atoms with Crippen molar-refractivity contribution in [1.29, 1.82) is 0 Å². The van der Waals surface area contributed by atoms with Gasteiger partial charge in [0.25, 0.3) is 0 Å². The van der Waals surface area contributed by atoms with Crippen LogP contribution in [-0.2, 0) is 21.7 Å². The number of allylic oxidation sites excluding steroid dienone is 4. The normalized spacial score (nSPS) is 18.7. The summed E-state index contributed by atoms with van der Waals surface area (Å²) in [5.41, 5.74) is 1.61. The van der Waals surface area contributed by atoms with Crippen LogP contribution in [-0.4, -0.2) is 9.52 Å². The second kappa shape index (κ2) is 14.8. The van der Waals surface area contributed by atoms with Crippen LogP contribution in [0.5, 0.6) is 0 Å². The summed E-state index contributed by atoms with van der Waals surface area (Å²) < 4.78 is 0. The Morgan fingerprint density at radius 3 is 2.42 bits per heavy atom. The third kappa shape index (κ3) is 8.34. The standard InChI is InChI=1S/C19H29Si.3ClH.Ti/c1-4-5-7-13-19(14-8-6-9-15-19)20-18-12-10-11-17(18)16(2)3;;;;/h6,8-12,14,16H,4-5,7,13,15,20H2,1-3H3;3*1H;/q-1;;;;+4/p-3. The van der Waals surface area contributed by atoms with E-state index in [-0.39, 0.29) is 68.5 Å². The summed E-state index contributed by atoms with van der Waals surface area (Å²) in [6, 6.07) is 7.00. The number of hydrogen-bond donors (Lipinski definition) is 0. The molecular formula is C19H29Cl3SiTi. The second-order valence-electron chi connectivity index (χ2n) is 6.65. The van der Waals surface area contributed by atoms with Gasteiger partial charge in [-0.1, -0.05) is 64.3 Å². The molecule has 1 aromatic carbocycles. The molecule has 0 bridgehead atoms. The molecule has 0 heterocycles. The van der Waals surface area contributed by atoms with Gasteiger partial charge in [0.15, 0.2) is 0 Å². The topological polar surface area (TPSA) is 0 Å². The van der Waals surface area contributed by atoms with Crippen LogP contribution < -0.4 is 42.4 Å². The minimum absolute atomic E-state index is 0. The van der Waals surface area contributed by atoms with Gasteiger partial charge in [0, 0.05) is 9.52 Å². The zero-order chi connectivity index (χ0) is 14.4. The molecule has 1 aliphatic rings. The molecule has 1 atom stereocenters. The van der Waals surface area contributed by atoms with E-state index in [4.69, 9.17) is 0 Å². The molecule has 134 valence electrons. The molecule has 1 aromatic rings. The van der Waals surface area contributed by atoms with Gasteiger partial charge in [-0.05, 0) is 23.8 Å². The van der Waals surface area contributed by atoms with Crippen LogP contribution in [0.25, 0.3) is 0 Å². The van der Waals surface area contributed by atoms with Crippen LogP contribution in [0.1, 0.15) is 64.4 Å². The zero-order valence-electron chi connectivity index (χ0n) is 15.0. The Morgan fingerprint density at radius 1 is 1.17 bits per heavy atom. The van der Waals surface area contributed by atoms with E-state index in [1.807, 2.05) is 0 Å². The molecule has 0 fully saturated rings. The van der Waals surface area contributed by atoms with Gasteiger partial charge in [-0.25, -0.2) is 12.1 Å². The van der Waals surface area contributed by atoms with E-state index in [9.17, 15) is 0 Å². The van der Waals surface area contributed by atoms with Crippen LogP contribution in [0.15, 0.2) is 42.5 Å². The Labute approximate surface area is 184 Å². The second-order valence-corrected chi connectivity index (χ2v) is 9.17. The van der Waals surface area contributed by atoms with Crippen molar-refractivity contribution in [3.63, 3.8) is 0 Å². The predicted octanol–water partition coefficient (Wildman–Crippen LogP) is -4.41. The van der Waals surface area contributed by atoms with E-state index in [0.29, 0.717) is 11.0 Å². The van der Waals surface area contributed by atoms with Gasteiger partial charge >= 0.3 is 21.7 Å². The van der Waals surface area contributed by atoms with E-state index in [1.165, 1.54) is 32.1 Å². The Kier molecular flexibility index (Phi) is 18.1. The summed E-state index contributed by atoms with van der Waals surface area (Å²) in [5, 5.41) is 2.21. The molecule has 0 aromatic heterocycles. The summed E-state index contributed by atoms with van der Waals surface area (Å²) in [4.78, 5) is 0. The first-order valence-corrected chi connectivity index (χ1v) is 9.67. The first-order chi connectivity index (χ1) is 9.67. The molecule has 0 radical (unpaired) electrons. The van der Waals surface area contributed by atoms with Crippen LogP contribution in [0.3, 0.4) is 0 Å². The molecule has 2 rings (SSSR count). The third-order valence-corrected chi connectivity index (χ3v) is 7.21. The Balaban J connectivity index is -0.00000110. The van der Waals surface area contributed by atoms with Crippen LogP contribution in [0.4, 0.5) is 0 Å². The van der Waals surface area contributed by atoms with E-state index < -0.39 is 0 Å². The van der Waals surface area contributed by atoms with E-state index in [2.05, 4.69) is 63.3 Å². The summed E-state index contributed by atoms with van der Waals surface area (Å²) in [5.74, 6) is 0.670. The molecule has 0 saturated heterocycles. The minimum Gasteiger partial charge on any atom is -1.00 e. The largest absolute Gasteiger partial charge is 4.00 e. The number of hydrogen-bond acceptors (Lipinski definition) is 0. The van der Waals surface area contributed by atoms with Crippen molar-refractivity contribution < 1.29 is 58.9 Å². The fourth-order valence-corrected chi connectivity index (χ4v) is 6.15. The maximum absolute atomic E-state index is 2.53. The zero-order valence-corrected chi connectivity index (χ0v) is 20.2. The van der Waals surface area contributed by atoms with Gasteiger partial charge in [0.1, 0.15) is 0 Å². The van der Waals surface area contributed by atoms with Gasteiger partial charge in [0.05, 0.1) is 0 Å². The first-order valence-electron chi connectivity index (χ1n) is 8.26. The summed E-state index contributed by atoms with van der Waals surface area (Å²) in [7, 11) is -0.260. The van der Waals surface area contributed by atoms with Gasteiger partial charge in [-0.3, -0.25) is 0 Å². The van der Waals surface area contributed by atoms with Crippen LogP contribution >= 0.6 is 0 Å². The van der Waals surface area contributed by atoms with Crippen molar-refractivity contribution in [2.24, 2.45) is 0 Å². The molecule has 0 saturated carbocycles. The number of rotatable bonds is 7. The molecular weight excluding hydrogens is 411 g/mol. The third-order valence-electron chi connectivity index (χ3n) is 4.61. The summed E-state index contributed by atoms with van der Waals surface area (Å²) in [6.45, 7) is 6.95. The minimum atomic E-state index is -0.260. The smallest absolute Gasteiger partial charge is 1.00 e. The Bertz CT molecular complexity index is 483. The van der Waals surface area contributed by atoms with Gasteiger partial charge in [-0.15, -0.1) is 0 Å². The average Bonchev–Trinajstić information content (AvgIpc) is 2.88. The Morgan fingerprint density at radius 2 is 1.88 bits per heavy atom. The van der Waals surface area contributed by atoms with Crippen molar-refractivity contribution in [3.8, 4) is 0 Å². The molecule has 0 aliphatic heterocycles. The predicted molar refractivity (Wildman–Crippen MR) is 94.0 cm³/mol. The number of halogens is 3. The average molecular weight is 440 g/mol. The monoisotopic (exact) mass is 438 g/mol. The quantitative estimate of drug-likeness (QED) is 0.229. The number of unbranched alkanes of at least 4 members (excludes halogenated alkanes) is 2. The van der Waals surface area contributed by atoms with Crippen molar-refractivity contribution in [3.05, 3.63) is 48.1 Å². The van der Waals surface area contributed by atoms with Crippen LogP contribution in [0.2, 0.25) is 5.04 Å². The van der Waals surface area contributed by atoms with E-state index in [1.54, 1.807) is 10.8 Å². The molecule has 0 spiro atoms. The molecule has 1 aliphatic carbocycles. The molecule has 24 heavy (non-hydrogen) atoms. The molecule has 1 unspecified atom stereocenters. The fraction of sp³-hybridized carbons (Fsp3) is 0.526. The molecule has 0 amide bonds. The summed E-state index contributed by atoms with van der Waals surface area (Å²) in [6.07, 6.45) is 16.2. The SMILES string of the molecule is CCCCCC1([SiH2][c-]2cccc2C(C)C)C=CC=CC1.[Cl-].[Cl-].[Cl-].[Ti+4]. The fourth-order valence-electron chi connectivity index (χ4n) is 3.42. The van der Waals surface area contributed by atoms with Gasteiger partial charge < -0.3 is 37.2 Å². The van der Waals surface area contributed by atoms with E-state index >= 15 is 0 Å². The molecule has 0 N–H and O–H groups in total. The van der Waals surface area contributed by atoms with Crippen molar-refractivity contribution in [2.45, 2.75) is 63.8 Å². The molecule has 0 nitrogen and oxygen atoms in total. The maximum Gasteiger partial charge on any atom is 4.00 e. The van der Waals surface area contributed by atoms with Crippen molar-refractivity contribution in [1.82, 2.24) is 0 Å². The van der Waals surface area contributed by atoms with Gasteiger partial charge in [-0.2, -0.15) is 16.8 Å². The van der Waals surface area contributed by atoms with Crippen LogP contribution in [0, 0.1) is 0 Å². The first kappa shape index (κ1) is 29.4. The summed E-state index contributed by atoms with van der Waals surface area (Å²) >= 11 is 0. The van der Waals surface area contributed by atoms with Crippen molar-refractivity contribution in [2.75, 3.05) is 0 Å². The molecule has 5 heteroatoms. The van der Waals surface area contributed by atoms with Gasteiger partial charge in [0.2, 0.25) is 0 Å². The maximum atomic E-state index is 2.53. The van der Waals surface area contributed by atoms with E-state index in [0.717, 1.165) is 0 Å². The Hall–Kier alpha value is 0.631.